The number of rotatable bonds is 3. The number of aryl methyl sites for hydroxylation is 3. The summed E-state index contributed by atoms with van der Waals surface area (Å²) in [6.07, 6.45) is 0.965. The number of allylic oxidation sites excluding steroid dienone is 1. The topological polar surface area (TPSA) is 12.0 Å². The second-order valence-electron chi connectivity index (χ2n) is 3.86. The normalized spacial score (nSPS) is 10.0. The molecule has 14 heavy (non-hydrogen) atoms. The molecule has 0 atom stereocenters. The summed E-state index contributed by atoms with van der Waals surface area (Å²) >= 11 is 0. The van der Waals surface area contributed by atoms with Crippen molar-refractivity contribution in [1.82, 2.24) is 0 Å². The molecular weight excluding hydrogens is 170 g/mol. The van der Waals surface area contributed by atoms with E-state index in [9.17, 15) is 0 Å². The van der Waals surface area contributed by atoms with Crippen molar-refractivity contribution >= 4 is 5.69 Å². The van der Waals surface area contributed by atoms with E-state index in [2.05, 4.69) is 51.7 Å². The highest BCUT2D eigenvalue weighted by molar-refractivity contribution is 5.60. The van der Waals surface area contributed by atoms with E-state index in [4.69, 9.17) is 0 Å². The Hall–Kier alpha value is -1.24. The smallest absolute Gasteiger partial charge is 0.0441 e. The molecule has 0 bridgehead atoms. The van der Waals surface area contributed by atoms with Crippen molar-refractivity contribution in [3.05, 3.63) is 41.1 Å². The first kappa shape index (κ1) is 10.8. The lowest BCUT2D eigenvalue weighted by molar-refractivity contribution is 1.11. The Morgan fingerprint density at radius 2 is 1.71 bits per heavy atom. The third-order valence-electron chi connectivity index (χ3n) is 2.41. The first-order valence-electron chi connectivity index (χ1n) is 5.07. The molecule has 0 aliphatic rings. The maximum atomic E-state index is 3.96. The van der Waals surface area contributed by atoms with Crippen LogP contribution >= 0.6 is 0 Å². The summed E-state index contributed by atoms with van der Waals surface area (Å²) in [5.41, 5.74) is 6.17. The molecule has 1 aromatic rings. The van der Waals surface area contributed by atoms with Crippen LogP contribution in [0, 0.1) is 20.8 Å². The Bertz CT molecular complexity index is 327. The van der Waals surface area contributed by atoms with E-state index in [0.717, 1.165) is 12.1 Å². The summed E-state index contributed by atoms with van der Waals surface area (Å²) in [6, 6.07) is 4.39. The van der Waals surface area contributed by atoms with Crippen molar-refractivity contribution in [1.29, 1.82) is 0 Å². The Kier molecular flexibility index (Phi) is 3.34. The number of anilines is 1. The zero-order chi connectivity index (χ0) is 10.7. The summed E-state index contributed by atoms with van der Waals surface area (Å²) in [6.45, 7) is 12.5. The molecule has 1 N–H and O–H groups in total. The SMILES string of the molecule is C=C(CC)Nc1c(C)cc(C)cc1C. The van der Waals surface area contributed by atoms with Gasteiger partial charge in [-0.25, -0.2) is 0 Å². The van der Waals surface area contributed by atoms with Crippen LogP contribution in [-0.2, 0) is 0 Å². The molecule has 0 fully saturated rings. The summed E-state index contributed by atoms with van der Waals surface area (Å²) < 4.78 is 0. The molecule has 0 unspecified atom stereocenters. The van der Waals surface area contributed by atoms with Gasteiger partial charge in [-0.15, -0.1) is 0 Å². The fraction of sp³-hybridized carbons (Fsp3) is 0.385. The molecule has 0 aliphatic carbocycles. The highest BCUT2D eigenvalue weighted by atomic mass is 14.9. The second kappa shape index (κ2) is 4.32. The first-order valence-corrected chi connectivity index (χ1v) is 5.07. The predicted molar refractivity (Wildman–Crippen MR) is 63.7 cm³/mol. The van der Waals surface area contributed by atoms with Crippen molar-refractivity contribution in [2.45, 2.75) is 34.1 Å². The van der Waals surface area contributed by atoms with Crippen LogP contribution in [0.5, 0.6) is 0 Å². The minimum absolute atomic E-state index is 0.965. The molecule has 0 aliphatic heterocycles. The largest absolute Gasteiger partial charge is 0.359 e. The van der Waals surface area contributed by atoms with E-state index in [1.807, 2.05) is 0 Å². The van der Waals surface area contributed by atoms with Gasteiger partial charge >= 0.3 is 0 Å². The highest BCUT2D eigenvalue weighted by Crippen LogP contribution is 2.23. The Morgan fingerprint density at radius 1 is 1.21 bits per heavy atom. The van der Waals surface area contributed by atoms with E-state index in [0.29, 0.717) is 0 Å². The standard InChI is InChI=1S/C13H19N/c1-6-12(5)14-13-10(3)7-9(2)8-11(13)4/h7-8,14H,5-6H2,1-4H3. The summed E-state index contributed by atoms with van der Waals surface area (Å²) in [5.74, 6) is 0. The van der Waals surface area contributed by atoms with Gasteiger partial charge in [0.05, 0.1) is 0 Å². The lowest BCUT2D eigenvalue weighted by Gasteiger charge is -2.14. The number of hydrogen-bond donors (Lipinski definition) is 1. The third-order valence-corrected chi connectivity index (χ3v) is 2.41. The van der Waals surface area contributed by atoms with Crippen LogP contribution in [0.15, 0.2) is 24.4 Å². The zero-order valence-electron chi connectivity index (χ0n) is 9.57. The van der Waals surface area contributed by atoms with Crippen molar-refractivity contribution < 1.29 is 0 Å². The van der Waals surface area contributed by atoms with Gasteiger partial charge in [-0.05, 0) is 38.3 Å². The van der Waals surface area contributed by atoms with Gasteiger partial charge in [0.2, 0.25) is 0 Å². The molecule has 1 nitrogen and oxygen atoms in total. The molecule has 0 saturated carbocycles. The predicted octanol–water partition coefficient (Wildman–Crippen LogP) is 3.95. The van der Waals surface area contributed by atoms with Gasteiger partial charge in [0.1, 0.15) is 0 Å². The van der Waals surface area contributed by atoms with E-state index in [1.165, 1.54) is 22.4 Å². The minimum atomic E-state index is 0.965. The first-order chi connectivity index (χ1) is 6.54. The van der Waals surface area contributed by atoms with E-state index in [1.54, 1.807) is 0 Å². The molecule has 0 amide bonds. The monoisotopic (exact) mass is 189 g/mol. The number of hydrogen-bond acceptors (Lipinski definition) is 1. The van der Waals surface area contributed by atoms with E-state index < -0.39 is 0 Å². The second-order valence-corrected chi connectivity index (χ2v) is 3.86. The van der Waals surface area contributed by atoms with Gasteiger partial charge < -0.3 is 5.32 Å². The van der Waals surface area contributed by atoms with Crippen molar-refractivity contribution in [3.8, 4) is 0 Å². The molecule has 76 valence electrons. The van der Waals surface area contributed by atoms with Gasteiger partial charge in [-0.2, -0.15) is 0 Å². The van der Waals surface area contributed by atoms with Gasteiger partial charge in [0.25, 0.3) is 0 Å². The van der Waals surface area contributed by atoms with Gasteiger partial charge in [0, 0.05) is 11.4 Å². The van der Waals surface area contributed by atoms with E-state index >= 15 is 0 Å². The molecule has 1 heteroatoms. The zero-order valence-corrected chi connectivity index (χ0v) is 9.57. The maximum Gasteiger partial charge on any atom is 0.0441 e. The Morgan fingerprint density at radius 3 is 2.14 bits per heavy atom. The summed E-state index contributed by atoms with van der Waals surface area (Å²) in [7, 11) is 0. The van der Waals surface area contributed by atoms with Gasteiger partial charge in [-0.1, -0.05) is 31.2 Å². The van der Waals surface area contributed by atoms with Crippen LogP contribution in [0.2, 0.25) is 0 Å². The highest BCUT2D eigenvalue weighted by Gasteiger charge is 2.03. The molecule has 1 aromatic carbocycles. The third kappa shape index (κ3) is 2.38. The van der Waals surface area contributed by atoms with Crippen LogP contribution in [0.25, 0.3) is 0 Å². The van der Waals surface area contributed by atoms with Crippen molar-refractivity contribution in [2.75, 3.05) is 5.32 Å². The molecule has 0 aromatic heterocycles. The van der Waals surface area contributed by atoms with Crippen molar-refractivity contribution in [3.63, 3.8) is 0 Å². The number of benzene rings is 1. The Labute approximate surface area is 86.8 Å². The molecule has 0 saturated heterocycles. The lowest BCUT2D eigenvalue weighted by atomic mass is 10.0. The van der Waals surface area contributed by atoms with Crippen LogP contribution < -0.4 is 5.32 Å². The van der Waals surface area contributed by atoms with Gasteiger partial charge in [-0.3, -0.25) is 0 Å². The molecule has 0 heterocycles. The molecule has 0 spiro atoms. The molecule has 0 radical (unpaired) electrons. The van der Waals surface area contributed by atoms with Gasteiger partial charge in [0.15, 0.2) is 0 Å². The quantitative estimate of drug-likeness (QED) is 0.759. The van der Waals surface area contributed by atoms with Crippen LogP contribution in [0.3, 0.4) is 0 Å². The van der Waals surface area contributed by atoms with Crippen molar-refractivity contribution in [2.24, 2.45) is 0 Å². The van der Waals surface area contributed by atoms with Crippen LogP contribution in [0.1, 0.15) is 30.0 Å². The van der Waals surface area contributed by atoms with E-state index in [-0.39, 0.29) is 0 Å². The minimum Gasteiger partial charge on any atom is -0.359 e. The Balaban J connectivity index is 3.02. The summed E-state index contributed by atoms with van der Waals surface area (Å²) in [5, 5.41) is 3.36. The summed E-state index contributed by atoms with van der Waals surface area (Å²) in [4.78, 5) is 0. The average Bonchev–Trinajstić information content (AvgIpc) is 2.10. The van der Waals surface area contributed by atoms with Crippen LogP contribution in [0.4, 0.5) is 5.69 Å². The molecule has 1 rings (SSSR count). The number of nitrogens with one attached hydrogen (secondary N) is 1. The maximum absolute atomic E-state index is 3.96. The molecular formula is C13H19N. The lowest BCUT2D eigenvalue weighted by Crippen LogP contribution is -2.01. The fourth-order valence-corrected chi connectivity index (χ4v) is 1.64. The fourth-order valence-electron chi connectivity index (χ4n) is 1.64. The average molecular weight is 189 g/mol. The van der Waals surface area contributed by atoms with Crippen LogP contribution in [-0.4, -0.2) is 0 Å².